The highest BCUT2D eigenvalue weighted by molar-refractivity contribution is 5.95. The lowest BCUT2D eigenvalue weighted by Crippen LogP contribution is -2.34. The Labute approximate surface area is 161 Å². The minimum absolute atomic E-state index is 0.0322. The molecule has 2 rings (SSSR count). The fraction of sp³-hybridized carbons (Fsp3) is 0.364. The number of nitrogens with zero attached hydrogens (tertiary/aromatic N) is 1. The van der Waals surface area contributed by atoms with Crippen molar-refractivity contribution in [2.75, 3.05) is 31.5 Å². The van der Waals surface area contributed by atoms with E-state index in [2.05, 4.69) is 29.4 Å². The lowest BCUT2D eigenvalue weighted by atomic mass is 10.1. The highest BCUT2D eigenvalue weighted by Gasteiger charge is 2.07. The van der Waals surface area contributed by atoms with Gasteiger partial charge in [0.25, 0.3) is 5.91 Å². The van der Waals surface area contributed by atoms with E-state index in [0.29, 0.717) is 30.6 Å². The molecule has 0 spiro atoms. The van der Waals surface area contributed by atoms with Gasteiger partial charge in [0, 0.05) is 30.8 Å². The Kier molecular flexibility index (Phi) is 8.52. The quantitative estimate of drug-likeness (QED) is 0.677. The van der Waals surface area contributed by atoms with Gasteiger partial charge in [-0.05, 0) is 49.3 Å². The maximum atomic E-state index is 12.2. The first-order chi connectivity index (χ1) is 13.1. The minimum Gasteiger partial charge on any atom is -0.351 e. The fourth-order valence-electron chi connectivity index (χ4n) is 2.80. The van der Waals surface area contributed by atoms with Crippen LogP contribution in [0.4, 0.5) is 5.69 Å². The summed E-state index contributed by atoms with van der Waals surface area (Å²) in [6, 6.07) is 16.9. The van der Waals surface area contributed by atoms with Crippen LogP contribution in [0, 0.1) is 0 Å². The van der Waals surface area contributed by atoms with Crippen LogP contribution in [0.2, 0.25) is 0 Å². The number of rotatable bonds is 10. The Bertz CT molecular complexity index is 710. The molecular formula is C22H29N3O2. The smallest absolute Gasteiger partial charge is 0.251 e. The van der Waals surface area contributed by atoms with Crippen molar-refractivity contribution >= 4 is 17.5 Å². The van der Waals surface area contributed by atoms with E-state index in [0.717, 1.165) is 25.2 Å². The maximum Gasteiger partial charge on any atom is 0.251 e. The SMILES string of the molecule is CCN(CC)CCNC(=O)c1ccc(NC(=O)CCc2ccccc2)cc1. The predicted molar refractivity (Wildman–Crippen MR) is 110 cm³/mol. The zero-order chi connectivity index (χ0) is 19.5. The molecule has 2 aromatic rings. The van der Waals surface area contributed by atoms with Gasteiger partial charge in [-0.3, -0.25) is 9.59 Å². The van der Waals surface area contributed by atoms with Crippen LogP contribution in [0.3, 0.4) is 0 Å². The molecule has 5 nitrogen and oxygen atoms in total. The standard InChI is InChI=1S/C22H29N3O2/c1-3-25(4-2)17-16-23-22(27)19-11-13-20(14-12-19)24-21(26)15-10-18-8-6-5-7-9-18/h5-9,11-14H,3-4,10,15-17H2,1-2H3,(H,23,27)(H,24,26). The molecule has 0 unspecified atom stereocenters. The summed E-state index contributed by atoms with van der Waals surface area (Å²) in [5, 5.41) is 5.80. The second kappa shape index (κ2) is 11.1. The molecule has 0 aromatic heterocycles. The van der Waals surface area contributed by atoms with Crippen LogP contribution in [0.25, 0.3) is 0 Å². The van der Waals surface area contributed by atoms with E-state index in [1.165, 1.54) is 0 Å². The molecule has 2 N–H and O–H groups in total. The highest BCUT2D eigenvalue weighted by Crippen LogP contribution is 2.11. The topological polar surface area (TPSA) is 61.4 Å². The van der Waals surface area contributed by atoms with Crippen LogP contribution >= 0.6 is 0 Å². The summed E-state index contributed by atoms with van der Waals surface area (Å²) >= 11 is 0. The summed E-state index contributed by atoms with van der Waals surface area (Å²) in [4.78, 5) is 26.5. The Balaban J connectivity index is 1.76. The molecule has 5 heteroatoms. The number of amides is 2. The Morgan fingerprint density at radius 1 is 0.926 bits per heavy atom. The Morgan fingerprint density at radius 3 is 2.22 bits per heavy atom. The van der Waals surface area contributed by atoms with Crippen LogP contribution in [-0.2, 0) is 11.2 Å². The van der Waals surface area contributed by atoms with Crippen LogP contribution < -0.4 is 10.6 Å². The maximum absolute atomic E-state index is 12.2. The van der Waals surface area contributed by atoms with Crippen molar-refractivity contribution in [1.82, 2.24) is 10.2 Å². The lowest BCUT2D eigenvalue weighted by molar-refractivity contribution is -0.116. The first-order valence-electron chi connectivity index (χ1n) is 9.56. The molecule has 0 saturated heterocycles. The van der Waals surface area contributed by atoms with E-state index in [1.54, 1.807) is 24.3 Å². The van der Waals surface area contributed by atoms with Gasteiger partial charge in [0.05, 0.1) is 0 Å². The van der Waals surface area contributed by atoms with Gasteiger partial charge in [-0.15, -0.1) is 0 Å². The number of likely N-dealkylation sites (N-methyl/N-ethyl adjacent to an activating group) is 1. The monoisotopic (exact) mass is 367 g/mol. The molecule has 0 atom stereocenters. The molecule has 2 aromatic carbocycles. The van der Waals surface area contributed by atoms with Crippen molar-refractivity contribution in [3.05, 3.63) is 65.7 Å². The number of carbonyl (C=O) groups is 2. The van der Waals surface area contributed by atoms with Gasteiger partial charge in [0.2, 0.25) is 5.91 Å². The number of anilines is 1. The average Bonchev–Trinajstić information content (AvgIpc) is 2.71. The molecule has 144 valence electrons. The molecule has 0 aliphatic heterocycles. The van der Waals surface area contributed by atoms with Crippen LogP contribution in [0.15, 0.2) is 54.6 Å². The van der Waals surface area contributed by atoms with Crippen LogP contribution in [0.5, 0.6) is 0 Å². The number of aryl methyl sites for hydroxylation is 1. The Morgan fingerprint density at radius 2 is 1.59 bits per heavy atom. The van der Waals surface area contributed by atoms with Gasteiger partial charge in [-0.1, -0.05) is 44.2 Å². The van der Waals surface area contributed by atoms with E-state index < -0.39 is 0 Å². The highest BCUT2D eigenvalue weighted by atomic mass is 16.2. The van der Waals surface area contributed by atoms with E-state index in [1.807, 2.05) is 30.3 Å². The summed E-state index contributed by atoms with van der Waals surface area (Å²) in [6.45, 7) is 7.64. The fourth-order valence-corrected chi connectivity index (χ4v) is 2.80. The average molecular weight is 367 g/mol. The molecule has 0 bridgehead atoms. The number of benzene rings is 2. The first kappa shape index (κ1) is 20.6. The zero-order valence-electron chi connectivity index (χ0n) is 16.2. The summed E-state index contributed by atoms with van der Waals surface area (Å²) in [5.74, 6) is -0.126. The van der Waals surface area contributed by atoms with Gasteiger partial charge < -0.3 is 15.5 Å². The van der Waals surface area contributed by atoms with Gasteiger partial charge >= 0.3 is 0 Å². The van der Waals surface area contributed by atoms with Crippen molar-refractivity contribution in [3.63, 3.8) is 0 Å². The van der Waals surface area contributed by atoms with E-state index in [9.17, 15) is 9.59 Å². The first-order valence-corrected chi connectivity index (χ1v) is 9.56. The molecule has 0 fully saturated rings. The summed E-state index contributed by atoms with van der Waals surface area (Å²) < 4.78 is 0. The van der Waals surface area contributed by atoms with Crippen LogP contribution in [0.1, 0.15) is 36.2 Å². The van der Waals surface area contributed by atoms with Gasteiger partial charge in [0.1, 0.15) is 0 Å². The summed E-state index contributed by atoms with van der Waals surface area (Å²) in [6.07, 6.45) is 1.14. The number of hydrogen-bond acceptors (Lipinski definition) is 3. The molecule has 0 radical (unpaired) electrons. The number of hydrogen-bond donors (Lipinski definition) is 2. The molecule has 0 aliphatic carbocycles. The third-order valence-corrected chi connectivity index (χ3v) is 4.52. The predicted octanol–water partition coefficient (Wildman–Crippen LogP) is 3.33. The molecule has 0 aliphatic rings. The van der Waals surface area contributed by atoms with E-state index in [4.69, 9.17) is 0 Å². The third kappa shape index (κ3) is 7.23. The largest absolute Gasteiger partial charge is 0.351 e. The Hall–Kier alpha value is -2.66. The van der Waals surface area contributed by atoms with Gasteiger partial charge in [-0.25, -0.2) is 0 Å². The number of nitrogens with one attached hydrogen (secondary N) is 2. The summed E-state index contributed by atoms with van der Waals surface area (Å²) in [7, 11) is 0. The molecule has 0 saturated carbocycles. The second-order valence-corrected chi connectivity index (χ2v) is 6.39. The minimum atomic E-state index is -0.0934. The lowest BCUT2D eigenvalue weighted by Gasteiger charge is -2.18. The van der Waals surface area contributed by atoms with Crippen LogP contribution in [-0.4, -0.2) is 42.9 Å². The molecular weight excluding hydrogens is 338 g/mol. The summed E-state index contributed by atoms with van der Waals surface area (Å²) in [5.41, 5.74) is 2.44. The van der Waals surface area contributed by atoms with Crippen molar-refractivity contribution in [2.24, 2.45) is 0 Å². The normalized spacial score (nSPS) is 10.6. The zero-order valence-corrected chi connectivity index (χ0v) is 16.2. The molecule has 2 amide bonds. The van der Waals surface area contributed by atoms with E-state index in [-0.39, 0.29) is 11.8 Å². The van der Waals surface area contributed by atoms with Gasteiger partial charge in [0.15, 0.2) is 0 Å². The molecule has 0 heterocycles. The van der Waals surface area contributed by atoms with Crippen molar-refractivity contribution in [1.29, 1.82) is 0 Å². The van der Waals surface area contributed by atoms with Crippen molar-refractivity contribution < 1.29 is 9.59 Å². The van der Waals surface area contributed by atoms with Gasteiger partial charge in [-0.2, -0.15) is 0 Å². The van der Waals surface area contributed by atoms with Crippen molar-refractivity contribution in [3.8, 4) is 0 Å². The number of carbonyl (C=O) groups excluding carboxylic acids is 2. The third-order valence-electron chi connectivity index (χ3n) is 4.52. The van der Waals surface area contributed by atoms with E-state index >= 15 is 0 Å². The molecule has 27 heavy (non-hydrogen) atoms. The second-order valence-electron chi connectivity index (χ2n) is 6.39. The van der Waals surface area contributed by atoms with Crippen molar-refractivity contribution in [2.45, 2.75) is 26.7 Å².